The summed E-state index contributed by atoms with van der Waals surface area (Å²) in [4.78, 5) is 16.7. The van der Waals surface area contributed by atoms with Crippen LogP contribution in [0, 0.1) is 13.8 Å². The van der Waals surface area contributed by atoms with E-state index in [2.05, 4.69) is 10.6 Å². The predicted octanol–water partition coefficient (Wildman–Crippen LogP) is 1.90. The maximum atomic E-state index is 11.5. The quantitative estimate of drug-likeness (QED) is 0.659. The number of hydroxylamine groups is 1. The molecule has 5 heteroatoms. The topological polar surface area (TPSA) is 56.2 Å². The van der Waals surface area contributed by atoms with Crippen molar-refractivity contribution in [1.82, 2.24) is 15.3 Å². The summed E-state index contributed by atoms with van der Waals surface area (Å²) in [6.07, 6.45) is 3.20. The van der Waals surface area contributed by atoms with E-state index in [-0.39, 0.29) is 5.91 Å². The van der Waals surface area contributed by atoms with Gasteiger partial charge in [0.2, 0.25) is 0 Å². The Morgan fingerprint density at radius 2 is 2.00 bits per heavy atom. The van der Waals surface area contributed by atoms with Gasteiger partial charge in [0, 0.05) is 24.4 Å². The summed E-state index contributed by atoms with van der Waals surface area (Å²) >= 11 is 0. The molecule has 5 nitrogen and oxygen atoms in total. The molecule has 0 aromatic carbocycles. The zero-order valence-corrected chi connectivity index (χ0v) is 11.9. The second kappa shape index (κ2) is 5.35. The third-order valence-electron chi connectivity index (χ3n) is 2.42. The molecule has 0 aliphatic heterocycles. The van der Waals surface area contributed by atoms with Crippen LogP contribution in [0.25, 0.3) is 6.08 Å². The van der Waals surface area contributed by atoms with E-state index >= 15 is 0 Å². The lowest BCUT2D eigenvalue weighted by Gasteiger charge is -2.17. The molecule has 0 bridgehead atoms. The van der Waals surface area contributed by atoms with Crippen LogP contribution in [0.1, 0.15) is 37.7 Å². The Labute approximate surface area is 108 Å². The lowest BCUT2D eigenvalue weighted by molar-refractivity contribution is -0.140. The van der Waals surface area contributed by atoms with Crippen molar-refractivity contribution in [1.29, 1.82) is 0 Å². The maximum Gasteiger partial charge on any atom is 0.267 e. The highest BCUT2D eigenvalue weighted by Gasteiger charge is 2.12. The largest absolute Gasteiger partial charge is 0.272 e. The Kier molecular flexibility index (Phi) is 4.29. The highest BCUT2D eigenvalue weighted by atomic mass is 16.7. The van der Waals surface area contributed by atoms with E-state index in [0.29, 0.717) is 0 Å². The van der Waals surface area contributed by atoms with Gasteiger partial charge in [-0.3, -0.25) is 14.3 Å². The van der Waals surface area contributed by atoms with Gasteiger partial charge >= 0.3 is 0 Å². The molecule has 0 saturated carbocycles. The summed E-state index contributed by atoms with van der Waals surface area (Å²) < 4.78 is 1.79. The Hall–Kier alpha value is -1.62. The molecule has 1 amide bonds. The van der Waals surface area contributed by atoms with Crippen LogP contribution >= 0.6 is 0 Å². The maximum absolute atomic E-state index is 11.5. The van der Waals surface area contributed by atoms with Gasteiger partial charge in [0.1, 0.15) is 0 Å². The van der Waals surface area contributed by atoms with Crippen molar-refractivity contribution in [2.75, 3.05) is 0 Å². The molecule has 100 valence electrons. The van der Waals surface area contributed by atoms with E-state index in [4.69, 9.17) is 4.84 Å². The van der Waals surface area contributed by atoms with Gasteiger partial charge in [-0.2, -0.15) is 5.10 Å². The third-order valence-corrected chi connectivity index (χ3v) is 2.42. The van der Waals surface area contributed by atoms with Gasteiger partial charge in [-0.1, -0.05) is 0 Å². The van der Waals surface area contributed by atoms with Crippen molar-refractivity contribution in [2.45, 2.75) is 40.2 Å². The molecule has 0 aliphatic rings. The number of nitrogens with one attached hydrogen (secondary N) is 1. The average molecular weight is 251 g/mol. The smallest absolute Gasteiger partial charge is 0.267 e. The van der Waals surface area contributed by atoms with Gasteiger partial charge < -0.3 is 0 Å². The van der Waals surface area contributed by atoms with Crippen LogP contribution in [0.4, 0.5) is 0 Å². The first-order chi connectivity index (χ1) is 8.20. The third kappa shape index (κ3) is 4.00. The zero-order chi connectivity index (χ0) is 13.9. The molecule has 1 heterocycles. The second-order valence-electron chi connectivity index (χ2n) is 5.22. The van der Waals surface area contributed by atoms with Crippen molar-refractivity contribution in [3.8, 4) is 0 Å². The van der Waals surface area contributed by atoms with Crippen molar-refractivity contribution in [3.63, 3.8) is 0 Å². The number of aromatic nitrogens is 2. The van der Waals surface area contributed by atoms with Crippen LogP contribution in [-0.2, 0) is 16.7 Å². The lowest BCUT2D eigenvalue weighted by atomic mass is 10.2. The second-order valence-corrected chi connectivity index (χ2v) is 5.22. The number of rotatable bonds is 3. The van der Waals surface area contributed by atoms with E-state index in [0.717, 1.165) is 17.0 Å². The van der Waals surface area contributed by atoms with Crippen LogP contribution in [0.15, 0.2) is 6.08 Å². The molecule has 1 N–H and O–H groups in total. The van der Waals surface area contributed by atoms with E-state index < -0.39 is 5.60 Å². The van der Waals surface area contributed by atoms with Crippen LogP contribution in [0.5, 0.6) is 0 Å². The van der Waals surface area contributed by atoms with E-state index in [1.54, 1.807) is 10.8 Å². The summed E-state index contributed by atoms with van der Waals surface area (Å²) in [6.45, 7) is 9.48. The van der Waals surface area contributed by atoms with E-state index in [1.165, 1.54) is 6.08 Å². The van der Waals surface area contributed by atoms with E-state index in [9.17, 15) is 4.79 Å². The fourth-order valence-electron chi connectivity index (χ4n) is 1.43. The Morgan fingerprint density at radius 1 is 1.39 bits per heavy atom. The number of hydrogen-bond donors (Lipinski definition) is 1. The molecule has 1 aromatic heterocycles. The Bertz CT molecular complexity index is 467. The van der Waals surface area contributed by atoms with Crippen LogP contribution < -0.4 is 5.48 Å². The predicted molar refractivity (Wildman–Crippen MR) is 70.7 cm³/mol. The number of carbonyl (C=O) groups is 1. The minimum absolute atomic E-state index is 0.285. The number of nitrogens with zero attached hydrogens (tertiary/aromatic N) is 2. The molecule has 1 aromatic rings. The Morgan fingerprint density at radius 3 is 2.44 bits per heavy atom. The average Bonchev–Trinajstić information content (AvgIpc) is 2.47. The van der Waals surface area contributed by atoms with Gasteiger partial charge in [0.25, 0.3) is 5.91 Å². The first-order valence-corrected chi connectivity index (χ1v) is 5.87. The molecule has 1 rings (SSSR count). The van der Waals surface area contributed by atoms with Crippen LogP contribution in [0.3, 0.4) is 0 Å². The van der Waals surface area contributed by atoms with E-state index in [1.807, 2.05) is 41.7 Å². The van der Waals surface area contributed by atoms with Gasteiger partial charge in [0.05, 0.1) is 11.3 Å². The highest BCUT2D eigenvalue weighted by Crippen LogP contribution is 2.13. The van der Waals surface area contributed by atoms with Crippen molar-refractivity contribution in [2.24, 2.45) is 7.05 Å². The highest BCUT2D eigenvalue weighted by molar-refractivity contribution is 5.91. The Balaban J connectivity index is 2.67. The first kappa shape index (κ1) is 14.4. The summed E-state index contributed by atoms with van der Waals surface area (Å²) in [6, 6.07) is 0. The van der Waals surface area contributed by atoms with Gasteiger partial charge in [0.15, 0.2) is 0 Å². The van der Waals surface area contributed by atoms with Crippen molar-refractivity contribution >= 4 is 12.0 Å². The van der Waals surface area contributed by atoms with Crippen LogP contribution in [-0.4, -0.2) is 21.3 Å². The van der Waals surface area contributed by atoms with Crippen molar-refractivity contribution in [3.05, 3.63) is 23.0 Å². The van der Waals surface area contributed by atoms with Crippen molar-refractivity contribution < 1.29 is 9.63 Å². The van der Waals surface area contributed by atoms with Crippen LogP contribution in [0.2, 0.25) is 0 Å². The molecule has 0 unspecified atom stereocenters. The summed E-state index contributed by atoms with van der Waals surface area (Å²) in [5, 5.41) is 4.28. The van der Waals surface area contributed by atoms with Gasteiger partial charge in [-0.25, -0.2) is 5.48 Å². The fourth-order valence-corrected chi connectivity index (χ4v) is 1.43. The molecule has 0 radical (unpaired) electrons. The number of carbonyl (C=O) groups excluding carboxylic acids is 1. The summed E-state index contributed by atoms with van der Waals surface area (Å²) in [5.41, 5.74) is 4.87. The monoisotopic (exact) mass is 251 g/mol. The summed E-state index contributed by atoms with van der Waals surface area (Å²) in [5.74, 6) is -0.285. The lowest BCUT2D eigenvalue weighted by Crippen LogP contribution is -2.32. The minimum Gasteiger partial charge on any atom is -0.272 e. The summed E-state index contributed by atoms with van der Waals surface area (Å²) in [7, 11) is 1.88. The first-order valence-electron chi connectivity index (χ1n) is 5.87. The molecule has 18 heavy (non-hydrogen) atoms. The fraction of sp³-hybridized carbons (Fsp3) is 0.538. The molecule has 0 aliphatic carbocycles. The molecule has 0 fully saturated rings. The van der Waals surface area contributed by atoms with Gasteiger partial charge in [-0.05, 0) is 40.7 Å². The number of aryl methyl sites for hydroxylation is 2. The SMILES string of the molecule is Cc1nn(C)c(C)c1/C=C/C(=O)NOC(C)(C)C. The van der Waals surface area contributed by atoms with Gasteiger partial charge in [-0.15, -0.1) is 0 Å². The molecular weight excluding hydrogens is 230 g/mol. The number of amides is 1. The zero-order valence-electron chi connectivity index (χ0n) is 11.9. The molecule has 0 atom stereocenters. The minimum atomic E-state index is -0.399. The molecule has 0 spiro atoms. The normalized spacial score (nSPS) is 12.1. The molecular formula is C13H21N3O2. The standard InChI is InChI=1S/C13H21N3O2/c1-9-11(10(2)16(6)14-9)7-8-12(17)15-18-13(3,4)5/h7-8H,1-6H3,(H,15,17)/b8-7+. The molecule has 0 saturated heterocycles. The number of hydrogen-bond acceptors (Lipinski definition) is 3.